The second-order valence-corrected chi connectivity index (χ2v) is 3.83. The summed E-state index contributed by atoms with van der Waals surface area (Å²) in [5, 5.41) is 7.23. The quantitative estimate of drug-likeness (QED) is 0.679. The van der Waals surface area contributed by atoms with E-state index in [1.165, 1.54) is 38.5 Å². The molecule has 0 saturated heterocycles. The molecule has 2 nitrogen and oxygen atoms in total. The van der Waals surface area contributed by atoms with E-state index in [4.69, 9.17) is 0 Å². The van der Waals surface area contributed by atoms with Crippen LogP contribution in [-0.4, -0.2) is 10.2 Å². The van der Waals surface area contributed by atoms with Crippen LogP contribution in [0.25, 0.3) is 0 Å². The largest absolute Gasteiger partial charge is 0.159 e. The number of unbranched alkanes of at least 4 members (excludes halogenated alkanes) is 5. The highest BCUT2D eigenvalue weighted by atomic mass is 15.1. The minimum atomic E-state index is 1.15. The highest BCUT2D eigenvalue weighted by Crippen LogP contribution is 2.03. The lowest BCUT2D eigenvalue weighted by molar-refractivity contribution is 0.624. The molecule has 0 fully saturated rings. The van der Waals surface area contributed by atoms with Crippen LogP contribution in [0.5, 0.6) is 0 Å². The predicted octanol–water partition coefficient (Wildman–Crippen LogP) is 4.15. The molecule has 0 aliphatic rings. The van der Waals surface area contributed by atoms with Gasteiger partial charge < -0.3 is 0 Å². The molecular formula is C13H24N2. The van der Waals surface area contributed by atoms with Gasteiger partial charge in [0, 0.05) is 6.20 Å². The molecule has 1 heterocycles. The molecule has 0 atom stereocenters. The normalized spacial score (nSPS) is 9.27. The SMILES string of the molecule is CCCCCCCC.Cc1ccnnc1. The summed E-state index contributed by atoms with van der Waals surface area (Å²) in [5.41, 5.74) is 1.15. The first-order valence-corrected chi connectivity index (χ1v) is 6.04. The Morgan fingerprint density at radius 2 is 1.53 bits per heavy atom. The minimum Gasteiger partial charge on any atom is -0.159 e. The molecule has 0 spiro atoms. The van der Waals surface area contributed by atoms with E-state index in [1.54, 1.807) is 12.4 Å². The van der Waals surface area contributed by atoms with Gasteiger partial charge in [0.25, 0.3) is 0 Å². The lowest BCUT2D eigenvalue weighted by Gasteiger charge is -1.93. The van der Waals surface area contributed by atoms with Gasteiger partial charge in [-0.15, -0.1) is 0 Å². The van der Waals surface area contributed by atoms with E-state index in [0.717, 1.165) is 5.56 Å². The summed E-state index contributed by atoms with van der Waals surface area (Å²) in [4.78, 5) is 0. The Balaban J connectivity index is 0.000000262. The molecule has 1 aromatic heterocycles. The number of aryl methyl sites for hydroxylation is 1. The zero-order chi connectivity index (χ0) is 11.4. The molecule has 2 heteroatoms. The van der Waals surface area contributed by atoms with Crippen LogP contribution in [0.3, 0.4) is 0 Å². The third-order valence-electron chi connectivity index (χ3n) is 2.19. The first-order chi connectivity index (χ1) is 7.31. The molecular weight excluding hydrogens is 184 g/mol. The summed E-state index contributed by atoms with van der Waals surface area (Å²) < 4.78 is 0. The van der Waals surface area contributed by atoms with Gasteiger partial charge in [-0.3, -0.25) is 0 Å². The lowest BCUT2D eigenvalue weighted by atomic mass is 10.1. The van der Waals surface area contributed by atoms with Crippen molar-refractivity contribution in [1.29, 1.82) is 0 Å². The van der Waals surface area contributed by atoms with Crippen LogP contribution in [-0.2, 0) is 0 Å². The molecule has 0 unspecified atom stereocenters. The van der Waals surface area contributed by atoms with Gasteiger partial charge in [0.1, 0.15) is 0 Å². The Bertz CT molecular complexity index is 203. The zero-order valence-electron chi connectivity index (χ0n) is 10.4. The fourth-order valence-corrected chi connectivity index (χ4v) is 1.21. The second-order valence-electron chi connectivity index (χ2n) is 3.83. The van der Waals surface area contributed by atoms with Gasteiger partial charge in [0.2, 0.25) is 0 Å². The molecule has 1 aromatic rings. The van der Waals surface area contributed by atoms with E-state index in [9.17, 15) is 0 Å². The van der Waals surface area contributed by atoms with E-state index in [0.29, 0.717) is 0 Å². The Labute approximate surface area is 94.1 Å². The average molecular weight is 208 g/mol. The third kappa shape index (κ3) is 11.0. The molecule has 0 amide bonds. The van der Waals surface area contributed by atoms with Crippen molar-refractivity contribution in [2.75, 3.05) is 0 Å². The standard InChI is InChI=1S/C8H18.C5H6N2/c1-3-5-7-8-6-4-2;1-5-2-3-6-7-4-5/h3-8H2,1-2H3;2-4H,1H3. The smallest absolute Gasteiger partial charge is 0.0525 e. The number of hydrogen-bond donors (Lipinski definition) is 0. The van der Waals surface area contributed by atoms with Crippen LogP contribution in [0.1, 0.15) is 57.9 Å². The summed E-state index contributed by atoms with van der Waals surface area (Å²) in [5.74, 6) is 0. The minimum absolute atomic E-state index is 1.15. The van der Waals surface area contributed by atoms with Gasteiger partial charge in [-0.25, -0.2) is 0 Å². The van der Waals surface area contributed by atoms with Gasteiger partial charge in [0.15, 0.2) is 0 Å². The first-order valence-electron chi connectivity index (χ1n) is 6.04. The van der Waals surface area contributed by atoms with Crippen molar-refractivity contribution >= 4 is 0 Å². The van der Waals surface area contributed by atoms with Crippen LogP contribution in [0.15, 0.2) is 18.5 Å². The van der Waals surface area contributed by atoms with Crippen molar-refractivity contribution in [1.82, 2.24) is 10.2 Å². The van der Waals surface area contributed by atoms with E-state index in [-0.39, 0.29) is 0 Å². The summed E-state index contributed by atoms with van der Waals surface area (Å²) in [6, 6.07) is 1.91. The molecule has 0 bridgehead atoms. The Hall–Kier alpha value is -0.920. The van der Waals surface area contributed by atoms with Gasteiger partial charge in [-0.1, -0.05) is 52.4 Å². The van der Waals surface area contributed by atoms with E-state index < -0.39 is 0 Å². The molecule has 0 aromatic carbocycles. The van der Waals surface area contributed by atoms with Gasteiger partial charge in [-0.05, 0) is 18.6 Å². The third-order valence-corrected chi connectivity index (χ3v) is 2.19. The molecule has 0 saturated carbocycles. The van der Waals surface area contributed by atoms with Crippen molar-refractivity contribution in [3.63, 3.8) is 0 Å². The van der Waals surface area contributed by atoms with Crippen LogP contribution in [0, 0.1) is 6.92 Å². The molecule has 15 heavy (non-hydrogen) atoms. The van der Waals surface area contributed by atoms with Crippen molar-refractivity contribution in [2.24, 2.45) is 0 Å². The maximum atomic E-state index is 3.63. The molecule has 0 aliphatic carbocycles. The Morgan fingerprint density at radius 1 is 0.933 bits per heavy atom. The van der Waals surface area contributed by atoms with Crippen LogP contribution >= 0.6 is 0 Å². The number of aromatic nitrogens is 2. The molecule has 86 valence electrons. The van der Waals surface area contributed by atoms with E-state index in [1.807, 2.05) is 13.0 Å². The van der Waals surface area contributed by atoms with Crippen LogP contribution < -0.4 is 0 Å². The maximum Gasteiger partial charge on any atom is 0.0525 e. The molecule has 0 N–H and O–H groups in total. The average Bonchev–Trinajstić information content (AvgIpc) is 2.27. The fourth-order valence-electron chi connectivity index (χ4n) is 1.21. The van der Waals surface area contributed by atoms with Crippen LogP contribution in [0.4, 0.5) is 0 Å². The van der Waals surface area contributed by atoms with Gasteiger partial charge in [0.05, 0.1) is 6.20 Å². The summed E-state index contributed by atoms with van der Waals surface area (Å²) in [6.07, 6.45) is 11.9. The number of nitrogens with zero attached hydrogens (tertiary/aromatic N) is 2. The monoisotopic (exact) mass is 208 g/mol. The van der Waals surface area contributed by atoms with E-state index in [2.05, 4.69) is 24.0 Å². The highest BCUT2D eigenvalue weighted by Gasteiger charge is 1.83. The van der Waals surface area contributed by atoms with Crippen LogP contribution in [0.2, 0.25) is 0 Å². The van der Waals surface area contributed by atoms with Gasteiger partial charge in [-0.2, -0.15) is 10.2 Å². The highest BCUT2D eigenvalue weighted by molar-refractivity contribution is 5.00. The summed E-state index contributed by atoms with van der Waals surface area (Å²) >= 11 is 0. The van der Waals surface area contributed by atoms with Crippen molar-refractivity contribution in [3.8, 4) is 0 Å². The maximum absolute atomic E-state index is 3.63. The lowest BCUT2D eigenvalue weighted by Crippen LogP contribution is -1.76. The zero-order valence-corrected chi connectivity index (χ0v) is 10.4. The van der Waals surface area contributed by atoms with Crippen molar-refractivity contribution < 1.29 is 0 Å². The van der Waals surface area contributed by atoms with Crippen molar-refractivity contribution in [3.05, 3.63) is 24.0 Å². The molecule has 0 radical (unpaired) electrons. The number of rotatable bonds is 5. The second kappa shape index (κ2) is 11.2. The molecule has 0 aliphatic heterocycles. The first kappa shape index (κ1) is 14.1. The molecule has 1 rings (SSSR count). The number of hydrogen-bond acceptors (Lipinski definition) is 2. The topological polar surface area (TPSA) is 25.8 Å². The van der Waals surface area contributed by atoms with Gasteiger partial charge >= 0.3 is 0 Å². The fraction of sp³-hybridized carbons (Fsp3) is 0.692. The Morgan fingerprint density at radius 3 is 1.80 bits per heavy atom. The van der Waals surface area contributed by atoms with Crippen molar-refractivity contribution in [2.45, 2.75) is 59.3 Å². The summed E-state index contributed by atoms with van der Waals surface area (Å²) in [7, 11) is 0. The predicted molar refractivity (Wildman–Crippen MR) is 65.8 cm³/mol. The summed E-state index contributed by atoms with van der Waals surface area (Å²) in [6.45, 7) is 6.49. The van der Waals surface area contributed by atoms with E-state index >= 15 is 0 Å². The Kier molecular flexibility index (Phi) is 10.5.